The summed E-state index contributed by atoms with van der Waals surface area (Å²) in [7, 11) is 1.65. The molecule has 0 aromatic heterocycles. The standard InChI is InChI=1S/C34H37FN2O3/c1-25-21-33(39-2)15-16-34(25)40-24-32(38)23-36-17-19-37(20-18-36)31-13-9-29(10-14-31)28-7-3-26(4-8-28)22-27-5-11-30(35)12-6-27/h3-16,21,32,38H,17-20,22-24H2,1-2H3. The Bertz CT molecular complexity index is 1370. The van der Waals surface area contributed by atoms with Gasteiger partial charge in [-0.25, -0.2) is 4.39 Å². The predicted molar refractivity (Wildman–Crippen MR) is 159 cm³/mol. The summed E-state index contributed by atoms with van der Waals surface area (Å²) < 4.78 is 24.3. The van der Waals surface area contributed by atoms with E-state index in [1.165, 1.54) is 34.5 Å². The minimum atomic E-state index is -0.547. The summed E-state index contributed by atoms with van der Waals surface area (Å²) in [5, 5.41) is 10.6. The number of anilines is 1. The minimum Gasteiger partial charge on any atom is -0.497 e. The average Bonchev–Trinajstić information content (AvgIpc) is 2.98. The lowest BCUT2D eigenvalue weighted by atomic mass is 10.00. The van der Waals surface area contributed by atoms with Gasteiger partial charge in [-0.1, -0.05) is 48.5 Å². The van der Waals surface area contributed by atoms with Gasteiger partial charge < -0.3 is 19.5 Å². The van der Waals surface area contributed by atoms with Gasteiger partial charge >= 0.3 is 0 Å². The molecule has 1 atom stereocenters. The molecule has 0 aliphatic carbocycles. The number of rotatable bonds is 10. The van der Waals surface area contributed by atoms with E-state index in [0.29, 0.717) is 6.54 Å². The molecule has 4 aromatic rings. The Kier molecular flexibility index (Phi) is 8.99. The van der Waals surface area contributed by atoms with E-state index in [-0.39, 0.29) is 12.4 Å². The lowest BCUT2D eigenvalue weighted by molar-refractivity contribution is 0.0660. The van der Waals surface area contributed by atoms with E-state index in [1.807, 2.05) is 37.3 Å². The third-order valence-corrected chi connectivity index (χ3v) is 7.50. The summed E-state index contributed by atoms with van der Waals surface area (Å²) in [5.74, 6) is 1.37. The number of hydrogen-bond donors (Lipinski definition) is 1. The summed E-state index contributed by atoms with van der Waals surface area (Å²) in [6.07, 6.45) is 0.243. The first-order valence-electron chi connectivity index (χ1n) is 13.8. The number of piperazine rings is 1. The molecule has 1 heterocycles. The van der Waals surface area contributed by atoms with E-state index in [2.05, 4.69) is 58.3 Å². The van der Waals surface area contributed by atoms with Crippen molar-refractivity contribution in [1.29, 1.82) is 0 Å². The highest BCUT2D eigenvalue weighted by Gasteiger charge is 2.20. The van der Waals surface area contributed by atoms with Gasteiger partial charge in [0.25, 0.3) is 0 Å². The zero-order chi connectivity index (χ0) is 27.9. The molecule has 1 N–H and O–H groups in total. The highest BCUT2D eigenvalue weighted by molar-refractivity contribution is 5.66. The summed E-state index contributed by atoms with van der Waals surface area (Å²) >= 11 is 0. The van der Waals surface area contributed by atoms with Crippen molar-refractivity contribution in [2.24, 2.45) is 0 Å². The Balaban J connectivity index is 1.08. The van der Waals surface area contributed by atoms with Crippen LogP contribution in [-0.4, -0.2) is 62.6 Å². The molecule has 0 bridgehead atoms. The first kappa shape index (κ1) is 27.7. The lowest BCUT2D eigenvalue weighted by Crippen LogP contribution is -2.49. The van der Waals surface area contributed by atoms with Gasteiger partial charge in [0.1, 0.15) is 30.0 Å². The van der Waals surface area contributed by atoms with Crippen LogP contribution in [0.2, 0.25) is 0 Å². The number of hydrogen-bond acceptors (Lipinski definition) is 5. The molecule has 5 rings (SSSR count). The number of benzene rings is 4. The molecule has 4 aromatic carbocycles. The predicted octanol–water partition coefficient (Wildman–Crippen LogP) is 5.96. The average molecular weight is 541 g/mol. The smallest absolute Gasteiger partial charge is 0.123 e. The number of methoxy groups -OCH3 is 1. The molecule has 1 aliphatic heterocycles. The molecule has 40 heavy (non-hydrogen) atoms. The molecule has 6 heteroatoms. The maximum Gasteiger partial charge on any atom is 0.123 e. The Morgan fingerprint density at radius 3 is 2.00 bits per heavy atom. The summed E-state index contributed by atoms with van der Waals surface area (Å²) in [4.78, 5) is 4.70. The molecule has 5 nitrogen and oxygen atoms in total. The van der Waals surface area contributed by atoms with Crippen LogP contribution in [-0.2, 0) is 6.42 Å². The van der Waals surface area contributed by atoms with Crippen LogP contribution in [0, 0.1) is 12.7 Å². The van der Waals surface area contributed by atoms with E-state index >= 15 is 0 Å². The van der Waals surface area contributed by atoms with Gasteiger partial charge in [0.05, 0.1) is 7.11 Å². The van der Waals surface area contributed by atoms with Crippen LogP contribution in [0.4, 0.5) is 10.1 Å². The van der Waals surface area contributed by atoms with Crippen molar-refractivity contribution >= 4 is 5.69 Å². The zero-order valence-electron chi connectivity index (χ0n) is 23.2. The number of aliphatic hydroxyl groups is 1. The van der Waals surface area contributed by atoms with Crippen LogP contribution >= 0.6 is 0 Å². The number of aliphatic hydroxyl groups excluding tert-OH is 1. The molecule has 0 spiro atoms. The fourth-order valence-electron chi connectivity index (χ4n) is 5.15. The fraction of sp³-hybridized carbons (Fsp3) is 0.294. The maximum absolute atomic E-state index is 13.2. The number of aryl methyl sites for hydroxylation is 1. The summed E-state index contributed by atoms with van der Waals surface area (Å²) in [5.41, 5.74) is 6.88. The van der Waals surface area contributed by atoms with Crippen molar-refractivity contribution < 1.29 is 19.0 Å². The molecule has 0 saturated carbocycles. The van der Waals surface area contributed by atoms with Gasteiger partial charge in [-0.3, -0.25) is 4.90 Å². The Hall–Kier alpha value is -3.87. The van der Waals surface area contributed by atoms with Crippen molar-refractivity contribution in [3.63, 3.8) is 0 Å². The number of ether oxygens (including phenoxy) is 2. The van der Waals surface area contributed by atoms with E-state index in [1.54, 1.807) is 7.11 Å². The third kappa shape index (κ3) is 7.20. The van der Waals surface area contributed by atoms with E-state index in [4.69, 9.17) is 9.47 Å². The Morgan fingerprint density at radius 2 is 1.40 bits per heavy atom. The normalized spacial score (nSPS) is 14.7. The molecule has 1 unspecified atom stereocenters. The summed E-state index contributed by atoms with van der Waals surface area (Å²) in [6, 6.07) is 29.7. The molecule has 1 fully saturated rings. The van der Waals surface area contributed by atoms with Gasteiger partial charge in [-0.05, 0) is 83.6 Å². The van der Waals surface area contributed by atoms with Crippen molar-refractivity contribution in [2.45, 2.75) is 19.4 Å². The van der Waals surface area contributed by atoms with Crippen LogP contribution in [0.1, 0.15) is 16.7 Å². The van der Waals surface area contributed by atoms with Gasteiger partial charge in [-0.15, -0.1) is 0 Å². The Morgan fingerprint density at radius 1 is 0.800 bits per heavy atom. The lowest BCUT2D eigenvalue weighted by Gasteiger charge is -2.37. The molecule has 208 valence electrons. The second-order valence-electron chi connectivity index (χ2n) is 10.4. The quantitative estimate of drug-likeness (QED) is 0.269. The van der Waals surface area contributed by atoms with E-state index in [9.17, 15) is 9.50 Å². The van der Waals surface area contributed by atoms with Gasteiger partial charge in [0.15, 0.2) is 0 Å². The molecular weight excluding hydrogens is 503 g/mol. The van der Waals surface area contributed by atoms with Crippen LogP contribution in [0.15, 0.2) is 91.0 Å². The monoisotopic (exact) mass is 540 g/mol. The van der Waals surface area contributed by atoms with E-state index < -0.39 is 6.10 Å². The molecule has 1 saturated heterocycles. The number of β-amino-alcohol motifs (C(OH)–C–C–N with tert-alkyl or cyclic N) is 1. The SMILES string of the molecule is COc1ccc(OCC(O)CN2CCN(c3ccc(-c4ccc(Cc5ccc(F)cc5)cc4)cc3)CC2)c(C)c1. The van der Waals surface area contributed by atoms with Gasteiger partial charge in [-0.2, -0.15) is 0 Å². The molecule has 0 amide bonds. The van der Waals surface area contributed by atoms with Crippen LogP contribution in [0.5, 0.6) is 11.5 Å². The zero-order valence-corrected chi connectivity index (χ0v) is 23.2. The van der Waals surface area contributed by atoms with E-state index in [0.717, 1.165) is 55.2 Å². The maximum atomic E-state index is 13.2. The third-order valence-electron chi connectivity index (χ3n) is 7.50. The van der Waals surface area contributed by atoms with Crippen LogP contribution in [0.3, 0.4) is 0 Å². The second kappa shape index (κ2) is 13.0. The molecule has 0 radical (unpaired) electrons. The molecular formula is C34H37FN2O3. The van der Waals surface area contributed by atoms with Crippen LogP contribution < -0.4 is 14.4 Å². The fourth-order valence-corrected chi connectivity index (χ4v) is 5.15. The second-order valence-corrected chi connectivity index (χ2v) is 10.4. The topological polar surface area (TPSA) is 45.2 Å². The Labute approximate surface area is 236 Å². The first-order valence-corrected chi connectivity index (χ1v) is 13.8. The largest absolute Gasteiger partial charge is 0.497 e. The molecule has 1 aliphatic rings. The van der Waals surface area contributed by atoms with Gasteiger partial charge in [0.2, 0.25) is 0 Å². The van der Waals surface area contributed by atoms with Crippen molar-refractivity contribution in [1.82, 2.24) is 4.90 Å². The van der Waals surface area contributed by atoms with Gasteiger partial charge in [0, 0.05) is 38.4 Å². The first-order chi connectivity index (χ1) is 19.5. The van der Waals surface area contributed by atoms with Crippen molar-refractivity contribution in [3.8, 4) is 22.6 Å². The number of nitrogens with zero attached hydrogens (tertiary/aromatic N) is 2. The highest BCUT2D eigenvalue weighted by Crippen LogP contribution is 2.26. The highest BCUT2D eigenvalue weighted by atomic mass is 19.1. The minimum absolute atomic E-state index is 0.204. The van der Waals surface area contributed by atoms with Crippen molar-refractivity contribution in [2.75, 3.05) is 51.3 Å². The van der Waals surface area contributed by atoms with Crippen LogP contribution in [0.25, 0.3) is 11.1 Å². The summed E-state index contributed by atoms with van der Waals surface area (Å²) in [6.45, 7) is 6.47. The van der Waals surface area contributed by atoms with Crippen molar-refractivity contribution in [3.05, 3.63) is 114 Å². The number of halogens is 1.